The van der Waals surface area contributed by atoms with Gasteiger partial charge in [-0.1, -0.05) is 26.0 Å². The fourth-order valence-corrected chi connectivity index (χ4v) is 5.46. The Morgan fingerprint density at radius 3 is 2.66 bits per heavy atom. The Kier molecular flexibility index (Phi) is 4.88. The first kappa shape index (κ1) is 22.0. The molecule has 1 aliphatic heterocycles. The Morgan fingerprint density at radius 1 is 1.20 bits per heavy atom. The van der Waals surface area contributed by atoms with Crippen LogP contribution in [0.25, 0.3) is 11.3 Å². The summed E-state index contributed by atoms with van der Waals surface area (Å²) in [6, 6.07) is 10.7. The van der Waals surface area contributed by atoms with Crippen LogP contribution in [0, 0.1) is 11.2 Å². The van der Waals surface area contributed by atoms with Crippen molar-refractivity contribution >= 4 is 11.8 Å². The van der Waals surface area contributed by atoms with Crippen LogP contribution >= 0.6 is 0 Å². The van der Waals surface area contributed by atoms with Gasteiger partial charge in [-0.25, -0.2) is 4.39 Å². The molecule has 2 N–H and O–H groups in total. The van der Waals surface area contributed by atoms with Crippen LogP contribution in [0.4, 0.5) is 4.39 Å². The number of fused-ring (bicyclic) bond motifs is 2. The van der Waals surface area contributed by atoms with Crippen LogP contribution in [-0.4, -0.2) is 33.0 Å². The summed E-state index contributed by atoms with van der Waals surface area (Å²) < 4.78 is 15.3. The molecule has 2 amide bonds. The molecule has 35 heavy (non-hydrogen) atoms. The van der Waals surface area contributed by atoms with Crippen LogP contribution in [0.2, 0.25) is 0 Å². The second-order valence-corrected chi connectivity index (χ2v) is 11.0. The zero-order chi connectivity index (χ0) is 24.5. The molecule has 0 radical (unpaired) electrons. The summed E-state index contributed by atoms with van der Waals surface area (Å²) in [6.07, 6.45) is 3.89. The molecule has 7 heteroatoms. The van der Waals surface area contributed by atoms with Crippen LogP contribution in [-0.2, 0) is 19.4 Å². The van der Waals surface area contributed by atoms with E-state index in [1.807, 2.05) is 25.1 Å². The SMILES string of the molecule is CC(c1ccc(C(=O)NC2CC2)cc1)N1Cc2cc(-c3n[nH]c4c3CC(C)(C)C4)cc(F)c2C1=O. The molecule has 3 aliphatic rings. The number of aromatic amines is 1. The van der Waals surface area contributed by atoms with E-state index in [9.17, 15) is 9.59 Å². The average molecular weight is 473 g/mol. The minimum atomic E-state index is -0.502. The van der Waals surface area contributed by atoms with Crippen molar-refractivity contribution in [2.45, 2.75) is 65.1 Å². The first-order valence-corrected chi connectivity index (χ1v) is 12.3. The summed E-state index contributed by atoms with van der Waals surface area (Å²) >= 11 is 0. The van der Waals surface area contributed by atoms with E-state index in [4.69, 9.17) is 0 Å². The lowest BCUT2D eigenvalue weighted by Gasteiger charge is -2.24. The highest BCUT2D eigenvalue weighted by molar-refractivity contribution is 5.99. The quantitative estimate of drug-likeness (QED) is 0.552. The number of halogens is 1. The van der Waals surface area contributed by atoms with Crippen molar-refractivity contribution < 1.29 is 14.0 Å². The maximum Gasteiger partial charge on any atom is 0.257 e. The summed E-state index contributed by atoms with van der Waals surface area (Å²) in [5.74, 6) is -0.877. The minimum absolute atomic E-state index is 0.0702. The summed E-state index contributed by atoms with van der Waals surface area (Å²) in [4.78, 5) is 27.2. The molecule has 6 nitrogen and oxygen atoms in total. The van der Waals surface area contributed by atoms with Crippen molar-refractivity contribution in [2.24, 2.45) is 5.41 Å². The molecule has 0 bridgehead atoms. The number of amides is 2. The van der Waals surface area contributed by atoms with Gasteiger partial charge in [-0.3, -0.25) is 14.7 Å². The second kappa shape index (κ2) is 7.77. The van der Waals surface area contributed by atoms with Crippen molar-refractivity contribution in [3.05, 3.63) is 75.7 Å². The van der Waals surface area contributed by atoms with Gasteiger partial charge in [0.15, 0.2) is 0 Å². The number of H-pyrrole nitrogens is 1. The monoisotopic (exact) mass is 472 g/mol. The van der Waals surface area contributed by atoms with Crippen molar-refractivity contribution in [3.8, 4) is 11.3 Å². The van der Waals surface area contributed by atoms with E-state index in [1.165, 1.54) is 6.07 Å². The van der Waals surface area contributed by atoms with Gasteiger partial charge in [-0.05, 0) is 73.4 Å². The van der Waals surface area contributed by atoms with Crippen LogP contribution in [0.5, 0.6) is 0 Å². The number of nitrogens with zero attached hydrogens (tertiary/aromatic N) is 2. The van der Waals surface area contributed by atoms with Gasteiger partial charge in [-0.2, -0.15) is 5.10 Å². The molecule has 1 atom stereocenters. The third-order valence-corrected chi connectivity index (χ3v) is 7.56. The summed E-state index contributed by atoms with van der Waals surface area (Å²) in [7, 11) is 0. The van der Waals surface area contributed by atoms with Crippen molar-refractivity contribution in [1.82, 2.24) is 20.4 Å². The molecule has 0 saturated heterocycles. The van der Waals surface area contributed by atoms with Crippen LogP contribution in [0.1, 0.15) is 82.8 Å². The standard InChI is InChI=1S/C28H29FN4O2/c1-15(16-4-6-17(7-5-16)26(34)30-20-8-9-20)33-14-19-10-18(11-22(29)24(19)27(33)35)25-21-12-28(2,3)13-23(21)31-32-25/h4-7,10-11,15,20H,8-9,12-14H2,1-3H3,(H,30,34)(H,31,32). The van der Waals surface area contributed by atoms with Gasteiger partial charge in [0.05, 0.1) is 17.3 Å². The Morgan fingerprint density at radius 2 is 1.94 bits per heavy atom. The fraction of sp³-hybridized carbons (Fsp3) is 0.393. The molecular formula is C28H29FN4O2. The van der Waals surface area contributed by atoms with Crippen LogP contribution < -0.4 is 5.32 Å². The number of benzene rings is 2. The molecule has 180 valence electrons. The van der Waals surface area contributed by atoms with E-state index in [-0.39, 0.29) is 28.8 Å². The largest absolute Gasteiger partial charge is 0.349 e. The number of carbonyl (C=O) groups excluding carboxylic acids is 2. The first-order valence-electron chi connectivity index (χ1n) is 12.3. The lowest BCUT2D eigenvalue weighted by Crippen LogP contribution is -2.28. The smallest absolute Gasteiger partial charge is 0.257 e. The van der Waals surface area contributed by atoms with E-state index < -0.39 is 5.82 Å². The first-order chi connectivity index (χ1) is 16.7. The Balaban J connectivity index is 1.24. The molecule has 1 aromatic heterocycles. The molecule has 6 rings (SSSR count). The summed E-state index contributed by atoms with van der Waals surface area (Å²) in [5.41, 5.74) is 6.26. The van der Waals surface area contributed by atoms with E-state index >= 15 is 4.39 Å². The average Bonchev–Trinajstić information content (AvgIpc) is 3.34. The number of hydrogen-bond donors (Lipinski definition) is 2. The molecule has 0 spiro atoms. The number of rotatable bonds is 5. The van der Waals surface area contributed by atoms with Crippen LogP contribution in [0.3, 0.4) is 0 Å². The van der Waals surface area contributed by atoms with Gasteiger partial charge in [0.2, 0.25) is 0 Å². The summed E-state index contributed by atoms with van der Waals surface area (Å²) in [5, 5.41) is 10.6. The molecule has 1 unspecified atom stereocenters. The van der Waals surface area contributed by atoms with Crippen molar-refractivity contribution in [1.29, 1.82) is 0 Å². The van der Waals surface area contributed by atoms with Crippen molar-refractivity contribution in [2.75, 3.05) is 0 Å². The maximum atomic E-state index is 15.3. The molecule has 2 heterocycles. The third kappa shape index (κ3) is 3.83. The number of hydrogen-bond acceptors (Lipinski definition) is 3. The molecular weight excluding hydrogens is 443 g/mol. The Labute approximate surface area is 203 Å². The van der Waals surface area contributed by atoms with E-state index in [2.05, 4.69) is 29.4 Å². The fourth-order valence-electron chi connectivity index (χ4n) is 5.46. The molecule has 3 aromatic rings. The normalized spacial score (nSPS) is 19.0. The highest BCUT2D eigenvalue weighted by Crippen LogP contribution is 2.41. The second-order valence-electron chi connectivity index (χ2n) is 11.0. The predicted octanol–water partition coefficient (Wildman–Crippen LogP) is 4.95. The van der Waals surface area contributed by atoms with Gasteiger partial charge in [0.25, 0.3) is 11.8 Å². The topological polar surface area (TPSA) is 78.1 Å². The molecule has 2 aromatic carbocycles. The maximum absolute atomic E-state index is 15.3. The third-order valence-electron chi connectivity index (χ3n) is 7.56. The lowest BCUT2D eigenvalue weighted by molar-refractivity contribution is 0.0712. The molecule has 1 fully saturated rings. The van der Waals surface area contributed by atoms with Crippen molar-refractivity contribution in [3.63, 3.8) is 0 Å². The Hall–Kier alpha value is -3.48. The molecule has 2 aliphatic carbocycles. The predicted molar refractivity (Wildman–Crippen MR) is 130 cm³/mol. The number of nitrogens with one attached hydrogen (secondary N) is 2. The van der Waals surface area contributed by atoms with Gasteiger partial charge < -0.3 is 10.2 Å². The number of aromatic nitrogens is 2. The highest BCUT2D eigenvalue weighted by Gasteiger charge is 2.36. The number of carbonyl (C=O) groups is 2. The van der Waals surface area contributed by atoms with E-state index in [0.717, 1.165) is 48.2 Å². The minimum Gasteiger partial charge on any atom is -0.349 e. The van der Waals surface area contributed by atoms with Gasteiger partial charge in [-0.15, -0.1) is 0 Å². The van der Waals surface area contributed by atoms with Gasteiger partial charge in [0.1, 0.15) is 5.82 Å². The van der Waals surface area contributed by atoms with E-state index in [1.54, 1.807) is 17.0 Å². The van der Waals surface area contributed by atoms with Gasteiger partial charge in [0, 0.05) is 35.0 Å². The highest BCUT2D eigenvalue weighted by atomic mass is 19.1. The summed E-state index contributed by atoms with van der Waals surface area (Å²) in [6.45, 7) is 6.71. The zero-order valence-corrected chi connectivity index (χ0v) is 20.2. The Bertz CT molecular complexity index is 1350. The molecule has 1 saturated carbocycles. The van der Waals surface area contributed by atoms with Crippen LogP contribution in [0.15, 0.2) is 36.4 Å². The van der Waals surface area contributed by atoms with Gasteiger partial charge >= 0.3 is 0 Å². The lowest BCUT2D eigenvalue weighted by atomic mass is 9.89. The van der Waals surface area contributed by atoms with E-state index in [0.29, 0.717) is 29.3 Å². The zero-order valence-electron chi connectivity index (χ0n) is 20.2.